The van der Waals surface area contributed by atoms with Crippen LogP contribution in [-0.2, 0) is 6.42 Å². The Bertz CT molecular complexity index is 997. The molecule has 1 amide bonds. The molecule has 0 fully saturated rings. The van der Waals surface area contributed by atoms with E-state index in [1.807, 2.05) is 54.3 Å². The Hall–Kier alpha value is -3.21. The third-order valence-corrected chi connectivity index (χ3v) is 4.81. The van der Waals surface area contributed by atoms with Crippen molar-refractivity contribution < 1.29 is 4.79 Å². The normalized spacial score (nSPS) is 15.5. The number of carbonyl (C=O) groups excluding carboxylic acids is 1. The van der Waals surface area contributed by atoms with Gasteiger partial charge in [-0.2, -0.15) is 0 Å². The average Bonchev–Trinajstić information content (AvgIpc) is 2.98. The maximum absolute atomic E-state index is 13.2. The van der Waals surface area contributed by atoms with Crippen molar-refractivity contribution in [2.24, 2.45) is 0 Å². The van der Waals surface area contributed by atoms with Crippen LogP contribution in [0.1, 0.15) is 34.4 Å². The summed E-state index contributed by atoms with van der Waals surface area (Å²) in [6.45, 7) is 5.92. The molecule has 27 heavy (non-hydrogen) atoms. The number of hydrogen-bond donors (Lipinski definition) is 1. The first-order valence-electron chi connectivity index (χ1n) is 9.12. The monoisotopic (exact) mass is 358 g/mol. The topological polar surface area (TPSA) is 58.1 Å². The summed E-state index contributed by atoms with van der Waals surface area (Å²) in [5.74, 6) is 1.09. The van der Waals surface area contributed by atoms with Gasteiger partial charge in [0.25, 0.3) is 5.91 Å². The van der Waals surface area contributed by atoms with Gasteiger partial charge in [-0.3, -0.25) is 4.79 Å². The van der Waals surface area contributed by atoms with Crippen LogP contribution in [0.5, 0.6) is 0 Å². The number of aryl methyl sites for hydroxylation is 2. The van der Waals surface area contributed by atoms with E-state index in [4.69, 9.17) is 0 Å². The zero-order valence-corrected chi connectivity index (χ0v) is 15.7. The Labute approximate surface area is 159 Å². The highest BCUT2D eigenvalue weighted by atomic mass is 16.2. The second kappa shape index (κ2) is 6.83. The lowest BCUT2D eigenvalue weighted by Crippen LogP contribution is -2.36. The van der Waals surface area contributed by atoms with Gasteiger partial charge in [-0.15, -0.1) is 0 Å². The molecule has 0 saturated carbocycles. The summed E-state index contributed by atoms with van der Waals surface area (Å²) >= 11 is 0. The van der Waals surface area contributed by atoms with Crippen LogP contribution >= 0.6 is 0 Å². The fraction of sp³-hybridized carbons (Fsp3) is 0.227. The Morgan fingerprint density at radius 2 is 1.81 bits per heavy atom. The van der Waals surface area contributed by atoms with Crippen molar-refractivity contribution in [1.29, 1.82) is 0 Å². The molecule has 0 aliphatic carbocycles. The Balaban J connectivity index is 1.65. The molecule has 1 aliphatic heterocycles. The highest BCUT2D eigenvalue weighted by Crippen LogP contribution is 2.33. The van der Waals surface area contributed by atoms with Crippen LogP contribution in [0.4, 0.5) is 17.2 Å². The van der Waals surface area contributed by atoms with Crippen LogP contribution in [0.3, 0.4) is 0 Å². The minimum absolute atomic E-state index is 0.0927. The molecule has 1 aliphatic rings. The number of fused-ring (bicyclic) bond motifs is 1. The van der Waals surface area contributed by atoms with Gasteiger partial charge in [0.15, 0.2) is 0 Å². The van der Waals surface area contributed by atoms with Gasteiger partial charge in [-0.05, 0) is 51.0 Å². The number of nitrogens with zero attached hydrogens (tertiary/aromatic N) is 3. The summed E-state index contributed by atoms with van der Waals surface area (Å²) in [6, 6.07) is 17.9. The van der Waals surface area contributed by atoms with E-state index in [0.717, 1.165) is 17.8 Å². The van der Waals surface area contributed by atoms with Gasteiger partial charge in [0.2, 0.25) is 0 Å². The van der Waals surface area contributed by atoms with Gasteiger partial charge < -0.3 is 10.2 Å². The predicted molar refractivity (Wildman–Crippen MR) is 108 cm³/mol. The number of para-hydroxylation sites is 1. The van der Waals surface area contributed by atoms with Gasteiger partial charge in [-0.25, -0.2) is 9.97 Å². The van der Waals surface area contributed by atoms with E-state index in [9.17, 15) is 4.79 Å². The summed E-state index contributed by atoms with van der Waals surface area (Å²) in [6.07, 6.45) is 0.862. The number of carbonyl (C=O) groups is 1. The predicted octanol–water partition coefficient (Wildman–Crippen LogP) is 4.43. The summed E-state index contributed by atoms with van der Waals surface area (Å²) in [4.78, 5) is 23.9. The summed E-state index contributed by atoms with van der Waals surface area (Å²) in [5, 5.41) is 3.27. The third-order valence-electron chi connectivity index (χ3n) is 4.81. The molecule has 0 spiro atoms. The largest absolute Gasteiger partial charge is 0.340 e. The first-order valence-corrected chi connectivity index (χ1v) is 9.12. The average molecular weight is 358 g/mol. The zero-order valence-electron chi connectivity index (χ0n) is 15.7. The molecule has 0 radical (unpaired) electrons. The Morgan fingerprint density at radius 3 is 2.59 bits per heavy atom. The van der Waals surface area contributed by atoms with Crippen molar-refractivity contribution in [2.75, 3.05) is 10.2 Å². The summed E-state index contributed by atoms with van der Waals surface area (Å²) in [5.41, 5.74) is 4.69. The lowest BCUT2D eigenvalue weighted by molar-refractivity contribution is 0.0976. The van der Waals surface area contributed by atoms with Gasteiger partial charge in [0.05, 0.1) is 0 Å². The van der Waals surface area contributed by atoms with Crippen molar-refractivity contribution in [1.82, 2.24) is 9.97 Å². The molecule has 2 aromatic carbocycles. The number of hydrogen-bond acceptors (Lipinski definition) is 4. The number of amides is 1. The van der Waals surface area contributed by atoms with Crippen molar-refractivity contribution in [3.63, 3.8) is 0 Å². The van der Waals surface area contributed by atoms with E-state index in [1.54, 1.807) is 13.0 Å². The SMILES string of the molecule is Cc1ccc(Nc2cc(C(=O)N3c4ccccc4CC3C)nc(C)n2)cc1. The van der Waals surface area contributed by atoms with Gasteiger partial charge in [0, 0.05) is 23.5 Å². The van der Waals surface area contributed by atoms with Crippen LogP contribution in [0.2, 0.25) is 0 Å². The highest BCUT2D eigenvalue weighted by molar-refractivity contribution is 6.07. The molecule has 0 saturated heterocycles. The molecule has 3 aromatic rings. The summed E-state index contributed by atoms with van der Waals surface area (Å²) in [7, 11) is 0. The van der Waals surface area contributed by atoms with Crippen molar-refractivity contribution in [2.45, 2.75) is 33.2 Å². The van der Waals surface area contributed by atoms with E-state index in [1.165, 1.54) is 11.1 Å². The van der Waals surface area contributed by atoms with Gasteiger partial charge >= 0.3 is 0 Å². The second-order valence-electron chi connectivity index (χ2n) is 7.03. The Kier molecular flexibility index (Phi) is 4.36. The Morgan fingerprint density at radius 1 is 1.07 bits per heavy atom. The number of anilines is 3. The van der Waals surface area contributed by atoms with E-state index in [2.05, 4.69) is 28.3 Å². The molecule has 1 unspecified atom stereocenters. The van der Waals surface area contributed by atoms with Gasteiger partial charge in [-0.1, -0.05) is 35.9 Å². The zero-order chi connectivity index (χ0) is 19.0. The molecule has 2 heterocycles. The van der Waals surface area contributed by atoms with E-state index in [-0.39, 0.29) is 11.9 Å². The van der Waals surface area contributed by atoms with Crippen LogP contribution in [0.25, 0.3) is 0 Å². The molecule has 5 nitrogen and oxygen atoms in total. The van der Waals surface area contributed by atoms with E-state index in [0.29, 0.717) is 17.3 Å². The maximum atomic E-state index is 13.2. The molecule has 5 heteroatoms. The smallest absolute Gasteiger partial charge is 0.277 e. The fourth-order valence-corrected chi connectivity index (χ4v) is 3.52. The van der Waals surface area contributed by atoms with Gasteiger partial charge in [0.1, 0.15) is 17.3 Å². The number of benzene rings is 2. The second-order valence-corrected chi connectivity index (χ2v) is 7.03. The van der Waals surface area contributed by atoms with Crippen molar-refractivity contribution >= 4 is 23.1 Å². The molecular formula is C22H22N4O. The molecular weight excluding hydrogens is 336 g/mol. The molecule has 1 atom stereocenters. The first-order chi connectivity index (χ1) is 13.0. The van der Waals surface area contributed by atoms with Crippen molar-refractivity contribution in [3.8, 4) is 0 Å². The third kappa shape index (κ3) is 3.40. The maximum Gasteiger partial charge on any atom is 0.277 e. The lowest BCUT2D eigenvalue weighted by Gasteiger charge is -2.22. The molecule has 0 bridgehead atoms. The molecule has 4 rings (SSSR count). The minimum Gasteiger partial charge on any atom is -0.340 e. The van der Waals surface area contributed by atoms with Crippen LogP contribution < -0.4 is 10.2 Å². The lowest BCUT2D eigenvalue weighted by atomic mass is 10.1. The van der Waals surface area contributed by atoms with Crippen LogP contribution in [-0.4, -0.2) is 21.9 Å². The van der Waals surface area contributed by atoms with E-state index >= 15 is 0 Å². The quantitative estimate of drug-likeness (QED) is 0.752. The molecule has 1 N–H and O–H groups in total. The van der Waals surface area contributed by atoms with Crippen LogP contribution in [0, 0.1) is 13.8 Å². The first kappa shape index (κ1) is 17.2. The van der Waals surface area contributed by atoms with Crippen molar-refractivity contribution in [3.05, 3.63) is 77.2 Å². The number of aromatic nitrogens is 2. The molecule has 1 aromatic heterocycles. The minimum atomic E-state index is -0.0927. The van der Waals surface area contributed by atoms with E-state index < -0.39 is 0 Å². The van der Waals surface area contributed by atoms with Crippen LogP contribution in [0.15, 0.2) is 54.6 Å². The number of rotatable bonds is 3. The molecule has 136 valence electrons. The number of nitrogens with one attached hydrogen (secondary N) is 1. The standard InChI is InChI=1S/C22H22N4O/c1-14-8-10-18(11-9-14)25-21-13-19(23-16(3)24-21)22(27)26-15(2)12-17-6-4-5-7-20(17)26/h4-11,13,15H,12H2,1-3H3,(H,23,24,25). The summed E-state index contributed by atoms with van der Waals surface area (Å²) < 4.78 is 0. The fourth-order valence-electron chi connectivity index (χ4n) is 3.52. The highest BCUT2D eigenvalue weighted by Gasteiger charge is 2.32.